The van der Waals surface area contributed by atoms with E-state index in [4.69, 9.17) is 9.47 Å². The molecule has 26 heavy (non-hydrogen) atoms. The Labute approximate surface area is 152 Å². The molecule has 1 aromatic heterocycles. The first-order valence-corrected chi connectivity index (χ1v) is 8.60. The highest BCUT2D eigenvalue weighted by Gasteiger charge is 2.01. The Bertz CT molecular complexity index is 982. The highest BCUT2D eigenvalue weighted by Crippen LogP contribution is 2.21. The second-order valence-electron chi connectivity index (χ2n) is 6.06. The molecular weight excluding hydrogens is 322 g/mol. The lowest BCUT2D eigenvalue weighted by atomic mass is 10.2. The first-order valence-electron chi connectivity index (χ1n) is 8.60. The number of pyridine rings is 1. The van der Waals surface area contributed by atoms with Gasteiger partial charge in [0.25, 0.3) is 0 Å². The molecule has 0 N–H and O–H groups in total. The molecule has 4 rings (SSSR count). The molecule has 0 amide bonds. The van der Waals surface area contributed by atoms with Crippen LogP contribution in [0.3, 0.4) is 0 Å². The predicted molar refractivity (Wildman–Crippen MR) is 103 cm³/mol. The molecule has 0 saturated heterocycles. The van der Waals surface area contributed by atoms with Crippen molar-refractivity contribution in [3.8, 4) is 11.5 Å². The molecule has 128 valence electrons. The molecular formula is C23H19NO2. The van der Waals surface area contributed by atoms with E-state index in [2.05, 4.69) is 17.1 Å². The van der Waals surface area contributed by atoms with E-state index in [1.165, 1.54) is 0 Å². The van der Waals surface area contributed by atoms with Crippen LogP contribution in [0, 0.1) is 0 Å². The van der Waals surface area contributed by atoms with Gasteiger partial charge < -0.3 is 9.47 Å². The summed E-state index contributed by atoms with van der Waals surface area (Å²) in [5.41, 5.74) is 3.23. The van der Waals surface area contributed by atoms with Crippen LogP contribution >= 0.6 is 0 Å². The van der Waals surface area contributed by atoms with Gasteiger partial charge >= 0.3 is 0 Å². The van der Waals surface area contributed by atoms with Gasteiger partial charge in [-0.05, 0) is 47.5 Å². The average Bonchev–Trinajstić information content (AvgIpc) is 2.72. The summed E-state index contributed by atoms with van der Waals surface area (Å²) in [6.45, 7) is 1.09. The molecule has 0 saturated carbocycles. The fourth-order valence-electron chi connectivity index (χ4n) is 2.73. The van der Waals surface area contributed by atoms with Crippen LogP contribution < -0.4 is 9.47 Å². The summed E-state index contributed by atoms with van der Waals surface area (Å²) in [6, 6.07) is 28.1. The number of rotatable bonds is 6. The van der Waals surface area contributed by atoms with Crippen LogP contribution in [0.4, 0.5) is 0 Å². The lowest BCUT2D eigenvalue weighted by molar-refractivity contribution is 0.301. The van der Waals surface area contributed by atoms with E-state index in [9.17, 15) is 0 Å². The fraction of sp³-hybridized carbons (Fsp3) is 0.0870. The number of aromatic nitrogens is 1. The van der Waals surface area contributed by atoms with Gasteiger partial charge in [0.1, 0.15) is 24.7 Å². The van der Waals surface area contributed by atoms with E-state index in [1.54, 1.807) is 6.20 Å². The van der Waals surface area contributed by atoms with Crippen molar-refractivity contribution in [1.29, 1.82) is 0 Å². The van der Waals surface area contributed by atoms with E-state index >= 15 is 0 Å². The molecule has 0 aliphatic carbocycles. The maximum Gasteiger partial charge on any atom is 0.120 e. The fourth-order valence-corrected chi connectivity index (χ4v) is 2.73. The molecule has 0 aliphatic rings. The molecule has 0 spiro atoms. The Hall–Kier alpha value is -3.33. The van der Waals surface area contributed by atoms with Crippen molar-refractivity contribution in [2.75, 3.05) is 0 Å². The van der Waals surface area contributed by atoms with Crippen LogP contribution in [0.25, 0.3) is 10.9 Å². The Balaban J connectivity index is 1.34. The highest BCUT2D eigenvalue weighted by molar-refractivity contribution is 5.79. The summed E-state index contributed by atoms with van der Waals surface area (Å²) in [5.74, 6) is 1.70. The number of hydrogen-bond donors (Lipinski definition) is 0. The van der Waals surface area contributed by atoms with Gasteiger partial charge in [-0.2, -0.15) is 0 Å². The number of hydrogen-bond acceptors (Lipinski definition) is 3. The minimum atomic E-state index is 0.519. The van der Waals surface area contributed by atoms with E-state index in [-0.39, 0.29) is 0 Å². The van der Waals surface area contributed by atoms with Gasteiger partial charge in [0.15, 0.2) is 0 Å². The number of fused-ring (bicyclic) bond motifs is 1. The summed E-state index contributed by atoms with van der Waals surface area (Å²) in [5, 5.41) is 1.08. The first kappa shape index (κ1) is 16.2. The number of benzene rings is 3. The highest BCUT2D eigenvalue weighted by atomic mass is 16.5. The summed E-state index contributed by atoms with van der Waals surface area (Å²) in [7, 11) is 0. The molecule has 0 unspecified atom stereocenters. The molecule has 3 nitrogen and oxygen atoms in total. The second-order valence-corrected chi connectivity index (χ2v) is 6.06. The maximum absolute atomic E-state index is 5.90. The van der Waals surface area contributed by atoms with Gasteiger partial charge in [-0.15, -0.1) is 0 Å². The molecule has 0 radical (unpaired) electrons. The van der Waals surface area contributed by atoms with E-state index < -0.39 is 0 Å². The zero-order valence-corrected chi connectivity index (χ0v) is 14.3. The third-order valence-electron chi connectivity index (χ3n) is 4.15. The lowest BCUT2D eigenvalue weighted by Crippen LogP contribution is -1.97. The lowest BCUT2D eigenvalue weighted by Gasteiger charge is -2.09. The van der Waals surface area contributed by atoms with E-state index in [1.807, 2.05) is 72.8 Å². The molecule has 3 heteroatoms. The van der Waals surface area contributed by atoms with E-state index in [0.29, 0.717) is 13.2 Å². The minimum absolute atomic E-state index is 0.519. The second kappa shape index (κ2) is 7.70. The number of ether oxygens (including phenoxy) is 2. The predicted octanol–water partition coefficient (Wildman–Crippen LogP) is 5.39. The van der Waals surface area contributed by atoms with Gasteiger partial charge in [0, 0.05) is 11.6 Å². The number of nitrogens with zero attached hydrogens (tertiary/aromatic N) is 1. The monoisotopic (exact) mass is 341 g/mol. The standard InChI is InChI=1S/C23H19NO2/c1-2-5-18(6-3-1)16-25-21-10-8-19(9-11-21)17-26-22-12-13-23-20(15-22)7-4-14-24-23/h1-15H,16-17H2. The molecule has 0 aliphatic heterocycles. The summed E-state index contributed by atoms with van der Waals surface area (Å²) >= 11 is 0. The third kappa shape index (κ3) is 4.01. The molecule has 1 heterocycles. The van der Waals surface area contributed by atoms with Crippen molar-refractivity contribution in [3.05, 3.63) is 102 Å². The minimum Gasteiger partial charge on any atom is -0.489 e. The van der Waals surface area contributed by atoms with Crippen LogP contribution in [0.1, 0.15) is 11.1 Å². The topological polar surface area (TPSA) is 31.4 Å². The van der Waals surface area contributed by atoms with Gasteiger partial charge in [-0.3, -0.25) is 4.98 Å². The summed E-state index contributed by atoms with van der Waals surface area (Å²) in [6.07, 6.45) is 1.80. The third-order valence-corrected chi connectivity index (χ3v) is 4.15. The van der Waals surface area contributed by atoms with Crippen LogP contribution in [-0.4, -0.2) is 4.98 Å². The smallest absolute Gasteiger partial charge is 0.120 e. The van der Waals surface area contributed by atoms with E-state index in [0.717, 1.165) is 33.5 Å². The van der Waals surface area contributed by atoms with Crippen molar-refractivity contribution >= 4 is 10.9 Å². The summed E-state index contributed by atoms with van der Waals surface area (Å²) < 4.78 is 11.7. The first-order chi connectivity index (χ1) is 12.9. The molecule has 0 atom stereocenters. The quantitative estimate of drug-likeness (QED) is 0.471. The van der Waals surface area contributed by atoms with Crippen molar-refractivity contribution in [2.45, 2.75) is 13.2 Å². The van der Waals surface area contributed by atoms with Gasteiger partial charge in [-0.25, -0.2) is 0 Å². The summed E-state index contributed by atoms with van der Waals surface area (Å²) in [4.78, 5) is 4.32. The largest absolute Gasteiger partial charge is 0.489 e. The van der Waals surface area contributed by atoms with Crippen molar-refractivity contribution in [2.24, 2.45) is 0 Å². The van der Waals surface area contributed by atoms with Gasteiger partial charge in [0.05, 0.1) is 5.52 Å². The average molecular weight is 341 g/mol. The van der Waals surface area contributed by atoms with Crippen LogP contribution in [-0.2, 0) is 13.2 Å². The Kier molecular flexibility index (Phi) is 4.79. The zero-order chi connectivity index (χ0) is 17.6. The zero-order valence-electron chi connectivity index (χ0n) is 14.3. The Morgan fingerprint density at radius 2 is 1.31 bits per heavy atom. The van der Waals surface area contributed by atoms with Crippen molar-refractivity contribution in [3.63, 3.8) is 0 Å². The van der Waals surface area contributed by atoms with Crippen molar-refractivity contribution < 1.29 is 9.47 Å². The van der Waals surface area contributed by atoms with Gasteiger partial charge in [0.2, 0.25) is 0 Å². The SMILES string of the molecule is c1ccc(COc2ccc(COc3ccc4ncccc4c3)cc2)cc1. The Morgan fingerprint density at radius 1 is 0.615 bits per heavy atom. The molecule has 4 aromatic rings. The van der Waals surface area contributed by atoms with Crippen LogP contribution in [0.5, 0.6) is 11.5 Å². The molecule has 3 aromatic carbocycles. The van der Waals surface area contributed by atoms with Gasteiger partial charge in [-0.1, -0.05) is 48.5 Å². The Morgan fingerprint density at radius 3 is 2.12 bits per heavy atom. The maximum atomic E-state index is 5.90. The van der Waals surface area contributed by atoms with Crippen molar-refractivity contribution in [1.82, 2.24) is 4.98 Å². The van der Waals surface area contributed by atoms with Crippen LogP contribution in [0.15, 0.2) is 91.1 Å². The normalized spacial score (nSPS) is 10.6. The van der Waals surface area contributed by atoms with Crippen LogP contribution in [0.2, 0.25) is 0 Å². The molecule has 0 fully saturated rings. The molecule has 0 bridgehead atoms.